The first-order valence-corrected chi connectivity index (χ1v) is 10.8. The quantitative estimate of drug-likeness (QED) is 0.402. The maximum atomic E-state index is 13.2. The molecule has 4 rings (SSSR count). The third kappa shape index (κ3) is 3.43. The zero-order valence-corrected chi connectivity index (χ0v) is 20.7. The predicted octanol–water partition coefficient (Wildman–Crippen LogP) is 3.85. The van der Waals surface area contributed by atoms with Crippen LogP contribution in [-0.2, 0) is 14.1 Å². The summed E-state index contributed by atoms with van der Waals surface area (Å²) < 4.78 is 25.3. The second kappa shape index (κ2) is 8.47. The van der Waals surface area contributed by atoms with Gasteiger partial charge in [-0.05, 0) is 33.6 Å². The Morgan fingerprint density at radius 1 is 0.667 bits per heavy atom. The number of aromatic nitrogens is 2. The maximum Gasteiger partial charge on any atom is 0.265 e. The Kier molecular flexibility index (Phi) is 5.84. The van der Waals surface area contributed by atoms with Crippen molar-refractivity contribution >= 4 is 37.7 Å². The topological polar surface area (TPSA) is 80.9 Å². The minimum atomic E-state index is -0.251. The van der Waals surface area contributed by atoms with Gasteiger partial charge in [-0.3, -0.25) is 9.59 Å². The Morgan fingerprint density at radius 2 is 1.12 bits per heavy atom. The van der Waals surface area contributed by atoms with Gasteiger partial charge in [0.1, 0.15) is 0 Å². The molecule has 8 nitrogen and oxygen atoms in total. The van der Waals surface area contributed by atoms with Crippen molar-refractivity contribution in [3.05, 3.63) is 55.5 Å². The summed E-state index contributed by atoms with van der Waals surface area (Å²) in [6, 6.07) is 8.62. The van der Waals surface area contributed by atoms with E-state index in [4.69, 9.17) is 18.9 Å². The van der Waals surface area contributed by atoms with Gasteiger partial charge in [0.05, 0.1) is 43.9 Å². The van der Waals surface area contributed by atoms with Crippen molar-refractivity contribution in [1.82, 2.24) is 9.13 Å². The third-order valence-corrected chi connectivity index (χ3v) is 6.60. The van der Waals surface area contributed by atoms with Crippen LogP contribution in [0.15, 0.2) is 44.4 Å². The number of hydrogen-bond donors (Lipinski definition) is 0. The number of pyridine rings is 2. The van der Waals surface area contributed by atoms with Gasteiger partial charge in [0.2, 0.25) is 0 Å². The van der Waals surface area contributed by atoms with Gasteiger partial charge in [0, 0.05) is 48.6 Å². The molecule has 0 aliphatic heterocycles. The lowest BCUT2D eigenvalue weighted by Crippen LogP contribution is -2.20. The van der Waals surface area contributed by atoms with Crippen molar-refractivity contribution < 1.29 is 18.9 Å². The van der Waals surface area contributed by atoms with E-state index in [0.29, 0.717) is 55.0 Å². The second-order valence-corrected chi connectivity index (χ2v) is 8.25. The summed E-state index contributed by atoms with van der Waals surface area (Å²) >= 11 is 3.49. The number of hydrogen-bond acceptors (Lipinski definition) is 6. The van der Waals surface area contributed by atoms with Crippen molar-refractivity contribution in [1.29, 1.82) is 0 Å². The van der Waals surface area contributed by atoms with Crippen molar-refractivity contribution in [3.63, 3.8) is 0 Å². The van der Waals surface area contributed by atoms with E-state index < -0.39 is 0 Å². The molecule has 2 heterocycles. The number of benzene rings is 2. The van der Waals surface area contributed by atoms with Crippen LogP contribution >= 0.6 is 15.9 Å². The SMILES string of the molecule is COc1cc2c(-c3c(Br)c(=O)n(C)c4cc(OC)c(OC)cc34)cc(=O)n(C)c2cc1OC. The molecule has 172 valence electrons. The fourth-order valence-corrected chi connectivity index (χ4v) is 4.77. The molecule has 0 saturated heterocycles. The van der Waals surface area contributed by atoms with Gasteiger partial charge in [-0.2, -0.15) is 0 Å². The van der Waals surface area contributed by atoms with Crippen molar-refractivity contribution in [3.8, 4) is 34.1 Å². The van der Waals surface area contributed by atoms with Crippen LogP contribution in [0.1, 0.15) is 0 Å². The van der Waals surface area contributed by atoms with Gasteiger partial charge in [-0.25, -0.2) is 0 Å². The molecule has 0 aliphatic rings. The summed E-state index contributed by atoms with van der Waals surface area (Å²) in [6.07, 6.45) is 0. The summed E-state index contributed by atoms with van der Waals surface area (Å²) in [5.74, 6) is 2.00. The Bertz CT molecular complexity index is 1540. The highest BCUT2D eigenvalue weighted by atomic mass is 79.9. The van der Waals surface area contributed by atoms with E-state index in [1.165, 1.54) is 29.4 Å². The summed E-state index contributed by atoms with van der Waals surface area (Å²) in [5.41, 5.74) is 1.94. The molecule has 0 fully saturated rings. The van der Waals surface area contributed by atoms with E-state index in [2.05, 4.69) is 15.9 Å². The van der Waals surface area contributed by atoms with Gasteiger partial charge in [-0.1, -0.05) is 0 Å². The molecule has 2 aromatic carbocycles. The van der Waals surface area contributed by atoms with E-state index in [0.717, 1.165) is 5.39 Å². The number of aryl methyl sites for hydroxylation is 2. The molecule has 0 amide bonds. The highest BCUT2D eigenvalue weighted by Gasteiger charge is 2.22. The van der Waals surface area contributed by atoms with Crippen molar-refractivity contribution in [2.75, 3.05) is 28.4 Å². The first kappa shape index (κ1) is 22.7. The van der Waals surface area contributed by atoms with Crippen LogP contribution in [0.25, 0.3) is 32.9 Å². The molecule has 0 bridgehead atoms. The number of methoxy groups -OCH3 is 4. The lowest BCUT2D eigenvalue weighted by molar-refractivity contribution is 0.355. The van der Waals surface area contributed by atoms with E-state index in [9.17, 15) is 9.59 Å². The van der Waals surface area contributed by atoms with Crippen molar-refractivity contribution in [2.45, 2.75) is 0 Å². The first-order valence-electron chi connectivity index (χ1n) is 9.97. The van der Waals surface area contributed by atoms with Crippen LogP contribution in [-0.4, -0.2) is 37.6 Å². The smallest absolute Gasteiger partial charge is 0.265 e. The normalized spacial score (nSPS) is 11.1. The standard InChI is InChI=1S/C24H23BrN2O6/c1-26-15-10-19(32-5)17(30-3)7-12(15)13(9-21(26)28)22-14-8-18(31-4)20(33-6)11-16(14)27(2)24(29)23(22)25/h7-11H,1-6H3. The Morgan fingerprint density at radius 3 is 1.64 bits per heavy atom. The molecular weight excluding hydrogens is 492 g/mol. The fraction of sp³-hybridized carbons (Fsp3) is 0.250. The number of fused-ring (bicyclic) bond motifs is 2. The molecule has 9 heteroatoms. The summed E-state index contributed by atoms with van der Waals surface area (Å²) in [6.45, 7) is 0. The van der Waals surface area contributed by atoms with Gasteiger partial charge >= 0.3 is 0 Å². The molecule has 0 N–H and O–H groups in total. The Labute approximate surface area is 198 Å². The van der Waals surface area contributed by atoms with Crippen LogP contribution in [0, 0.1) is 0 Å². The van der Waals surface area contributed by atoms with Gasteiger partial charge < -0.3 is 28.1 Å². The summed E-state index contributed by atoms with van der Waals surface area (Å²) in [7, 11) is 9.54. The average molecular weight is 515 g/mol. The second-order valence-electron chi connectivity index (χ2n) is 7.46. The van der Waals surface area contributed by atoms with E-state index in [-0.39, 0.29) is 11.1 Å². The summed E-state index contributed by atoms with van der Waals surface area (Å²) in [5, 5.41) is 1.44. The van der Waals surface area contributed by atoms with Crippen LogP contribution in [0.3, 0.4) is 0 Å². The number of nitrogens with zero attached hydrogens (tertiary/aromatic N) is 2. The lowest BCUT2D eigenvalue weighted by Gasteiger charge is -2.19. The monoisotopic (exact) mass is 514 g/mol. The molecular formula is C24H23BrN2O6. The molecule has 0 saturated carbocycles. The first-order chi connectivity index (χ1) is 15.8. The van der Waals surface area contributed by atoms with Crippen LogP contribution in [0.4, 0.5) is 0 Å². The van der Waals surface area contributed by atoms with Crippen LogP contribution in [0.5, 0.6) is 23.0 Å². The maximum absolute atomic E-state index is 13.2. The van der Waals surface area contributed by atoms with Crippen molar-refractivity contribution in [2.24, 2.45) is 14.1 Å². The van der Waals surface area contributed by atoms with Crippen LogP contribution < -0.4 is 30.1 Å². The Hall–Kier alpha value is -3.46. The zero-order chi connectivity index (χ0) is 24.0. The highest BCUT2D eigenvalue weighted by Crippen LogP contribution is 2.42. The summed E-state index contributed by atoms with van der Waals surface area (Å²) in [4.78, 5) is 26.1. The highest BCUT2D eigenvalue weighted by molar-refractivity contribution is 9.10. The van der Waals surface area contributed by atoms with Gasteiger partial charge in [-0.15, -0.1) is 0 Å². The van der Waals surface area contributed by atoms with Gasteiger partial charge in [0.15, 0.2) is 23.0 Å². The average Bonchev–Trinajstić information content (AvgIpc) is 2.83. The lowest BCUT2D eigenvalue weighted by atomic mass is 9.96. The minimum Gasteiger partial charge on any atom is -0.493 e. The third-order valence-electron chi connectivity index (χ3n) is 5.87. The molecule has 0 unspecified atom stereocenters. The predicted molar refractivity (Wildman–Crippen MR) is 131 cm³/mol. The molecule has 33 heavy (non-hydrogen) atoms. The van der Waals surface area contributed by atoms with Crippen LogP contribution in [0.2, 0.25) is 0 Å². The van der Waals surface area contributed by atoms with Gasteiger partial charge in [0.25, 0.3) is 11.1 Å². The molecule has 2 aromatic heterocycles. The van der Waals surface area contributed by atoms with E-state index in [1.807, 2.05) is 0 Å². The number of ether oxygens (including phenoxy) is 4. The molecule has 0 atom stereocenters. The number of halogens is 1. The van der Waals surface area contributed by atoms with E-state index in [1.54, 1.807) is 52.6 Å². The molecule has 0 spiro atoms. The molecule has 0 radical (unpaired) electrons. The molecule has 0 aliphatic carbocycles. The minimum absolute atomic E-state index is 0.231. The number of rotatable bonds is 5. The Balaban J connectivity index is 2.26. The fourth-order valence-electron chi connectivity index (χ4n) is 4.08. The van der Waals surface area contributed by atoms with E-state index >= 15 is 0 Å². The zero-order valence-electron chi connectivity index (χ0n) is 19.1. The molecule has 4 aromatic rings. The largest absolute Gasteiger partial charge is 0.493 e.